The van der Waals surface area contributed by atoms with E-state index in [4.69, 9.17) is 9.47 Å². The van der Waals surface area contributed by atoms with Crippen LogP contribution in [0.3, 0.4) is 0 Å². The predicted molar refractivity (Wildman–Crippen MR) is 87.6 cm³/mol. The summed E-state index contributed by atoms with van der Waals surface area (Å²) in [6, 6.07) is 5.65. The maximum absolute atomic E-state index is 12.0. The highest BCUT2D eigenvalue weighted by molar-refractivity contribution is 5.75. The Labute approximate surface area is 143 Å². The number of nitro groups is 1. The number of rotatable bonds is 6. The van der Waals surface area contributed by atoms with E-state index < -0.39 is 4.92 Å². The number of amides is 1. The molecule has 0 bridgehead atoms. The van der Waals surface area contributed by atoms with Gasteiger partial charge in [-0.2, -0.15) is 5.10 Å². The summed E-state index contributed by atoms with van der Waals surface area (Å²) in [5.74, 6) is 1.18. The van der Waals surface area contributed by atoms with Gasteiger partial charge in [0.1, 0.15) is 17.9 Å². The highest BCUT2D eigenvalue weighted by Crippen LogP contribution is 2.32. The molecule has 1 aliphatic heterocycles. The van der Waals surface area contributed by atoms with Gasteiger partial charge >= 0.3 is 5.69 Å². The maximum atomic E-state index is 12.0. The van der Waals surface area contributed by atoms with Crippen LogP contribution in [0.1, 0.15) is 17.0 Å². The fraction of sp³-hybridized carbons (Fsp3) is 0.375. The predicted octanol–water partition coefficient (Wildman–Crippen LogP) is 1.50. The van der Waals surface area contributed by atoms with Crippen molar-refractivity contribution in [1.82, 2.24) is 15.1 Å². The van der Waals surface area contributed by atoms with Gasteiger partial charge in [-0.3, -0.25) is 19.6 Å². The van der Waals surface area contributed by atoms with Crippen molar-refractivity contribution >= 4 is 11.6 Å². The number of hydrogen-bond donors (Lipinski definition) is 1. The Hall–Kier alpha value is -3.10. The fourth-order valence-electron chi connectivity index (χ4n) is 2.74. The molecule has 1 aromatic carbocycles. The molecule has 0 radical (unpaired) electrons. The SMILES string of the molecule is Cc1nn(CC(=O)NCCc2ccc3c(c2)OCO3)c(C)c1[N+](=O)[O-]. The Morgan fingerprint density at radius 1 is 1.36 bits per heavy atom. The number of nitrogens with zero attached hydrogens (tertiary/aromatic N) is 3. The monoisotopic (exact) mass is 346 g/mol. The lowest BCUT2D eigenvalue weighted by Gasteiger charge is -2.07. The Bertz CT molecular complexity index is 830. The van der Waals surface area contributed by atoms with Crippen molar-refractivity contribution in [2.45, 2.75) is 26.8 Å². The summed E-state index contributed by atoms with van der Waals surface area (Å²) in [4.78, 5) is 22.5. The highest BCUT2D eigenvalue weighted by Gasteiger charge is 2.22. The number of carbonyl (C=O) groups is 1. The third-order valence-corrected chi connectivity index (χ3v) is 3.99. The number of benzene rings is 1. The molecule has 0 fully saturated rings. The lowest BCUT2D eigenvalue weighted by molar-refractivity contribution is -0.386. The molecule has 2 aromatic rings. The minimum Gasteiger partial charge on any atom is -0.454 e. The van der Waals surface area contributed by atoms with E-state index in [-0.39, 0.29) is 24.9 Å². The topological polar surface area (TPSA) is 109 Å². The Balaban J connectivity index is 1.53. The van der Waals surface area contributed by atoms with Gasteiger partial charge in [-0.25, -0.2) is 0 Å². The number of carbonyl (C=O) groups excluding carboxylic acids is 1. The standard InChI is InChI=1S/C16H18N4O5/c1-10-16(20(22)23)11(2)19(18-10)8-15(21)17-6-5-12-3-4-13-14(7-12)25-9-24-13/h3-4,7H,5-6,8-9H2,1-2H3,(H,17,21). The number of ether oxygens (including phenoxy) is 2. The fourth-order valence-corrected chi connectivity index (χ4v) is 2.74. The molecule has 9 nitrogen and oxygen atoms in total. The van der Waals surface area contributed by atoms with Crippen molar-refractivity contribution in [2.75, 3.05) is 13.3 Å². The normalized spacial score (nSPS) is 12.2. The Morgan fingerprint density at radius 3 is 2.84 bits per heavy atom. The molecule has 3 rings (SSSR count). The molecule has 0 aliphatic carbocycles. The summed E-state index contributed by atoms with van der Waals surface area (Å²) in [5, 5.41) is 17.8. The molecular formula is C16H18N4O5. The van der Waals surface area contributed by atoms with E-state index in [9.17, 15) is 14.9 Å². The quantitative estimate of drug-likeness (QED) is 0.627. The first kappa shape index (κ1) is 16.7. The smallest absolute Gasteiger partial charge is 0.312 e. The van der Waals surface area contributed by atoms with Crippen LogP contribution in [0.25, 0.3) is 0 Å². The van der Waals surface area contributed by atoms with Crippen LogP contribution in [-0.4, -0.2) is 33.9 Å². The first-order chi connectivity index (χ1) is 12.0. The summed E-state index contributed by atoms with van der Waals surface area (Å²) in [6.45, 7) is 3.75. The summed E-state index contributed by atoms with van der Waals surface area (Å²) in [7, 11) is 0. The average Bonchev–Trinajstić information content (AvgIpc) is 3.11. The maximum Gasteiger partial charge on any atom is 0.312 e. The third-order valence-electron chi connectivity index (χ3n) is 3.99. The molecule has 9 heteroatoms. The Kier molecular flexibility index (Phi) is 4.55. The molecule has 1 N–H and O–H groups in total. The molecule has 0 saturated heterocycles. The van der Waals surface area contributed by atoms with Crippen LogP contribution < -0.4 is 14.8 Å². The van der Waals surface area contributed by atoms with Crippen molar-refractivity contribution in [3.05, 3.63) is 45.3 Å². The van der Waals surface area contributed by atoms with Gasteiger partial charge in [-0.05, 0) is 38.0 Å². The van der Waals surface area contributed by atoms with Gasteiger partial charge in [0.05, 0.1) is 4.92 Å². The van der Waals surface area contributed by atoms with Crippen LogP contribution >= 0.6 is 0 Å². The van der Waals surface area contributed by atoms with Crippen LogP contribution in [0.2, 0.25) is 0 Å². The molecule has 132 valence electrons. The van der Waals surface area contributed by atoms with Gasteiger partial charge in [0.15, 0.2) is 11.5 Å². The molecule has 1 aromatic heterocycles. The van der Waals surface area contributed by atoms with Crippen LogP contribution in [0.4, 0.5) is 5.69 Å². The molecule has 0 atom stereocenters. The third kappa shape index (κ3) is 3.54. The molecule has 1 amide bonds. The second-order valence-corrected chi connectivity index (χ2v) is 5.72. The minimum atomic E-state index is -0.480. The summed E-state index contributed by atoms with van der Waals surface area (Å²) >= 11 is 0. The van der Waals surface area contributed by atoms with Crippen molar-refractivity contribution in [1.29, 1.82) is 0 Å². The average molecular weight is 346 g/mol. The van der Waals surface area contributed by atoms with Gasteiger partial charge in [-0.15, -0.1) is 0 Å². The van der Waals surface area contributed by atoms with E-state index in [0.717, 1.165) is 11.3 Å². The van der Waals surface area contributed by atoms with E-state index in [1.54, 1.807) is 13.8 Å². The molecule has 0 spiro atoms. The first-order valence-electron chi connectivity index (χ1n) is 7.79. The van der Waals surface area contributed by atoms with Crippen molar-refractivity contribution < 1.29 is 19.2 Å². The van der Waals surface area contributed by atoms with E-state index in [2.05, 4.69) is 10.4 Å². The van der Waals surface area contributed by atoms with E-state index in [0.29, 0.717) is 30.1 Å². The summed E-state index contributed by atoms with van der Waals surface area (Å²) in [5.41, 5.74) is 1.64. The van der Waals surface area contributed by atoms with E-state index in [1.807, 2.05) is 18.2 Å². The van der Waals surface area contributed by atoms with Crippen LogP contribution in [0.5, 0.6) is 11.5 Å². The zero-order valence-corrected chi connectivity index (χ0v) is 13.9. The molecule has 0 saturated carbocycles. The van der Waals surface area contributed by atoms with Gasteiger partial charge in [0, 0.05) is 6.54 Å². The van der Waals surface area contributed by atoms with Crippen LogP contribution in [0.15, 0.2) is 18.2 Å². The van der Waals surface area contributed by atoms with E-state index >= 15 is 0 Å². The lowest BCUT2D eigenvalue weighted by Crippen LogP contribution is -2.30. The Morgan fingerprint density at radius 2 is 2.12 bits per heavy atom. The lowest BCUT2D eigenvalue weighted by atomic mass is 10.1. The molecule has 25 heavy (non-hydrogen) atoms. The molecule has 1 aliphatic rings. The summed E-state index contributed by atoms with van der Waals surface area (Å²) < 4.78 is 11.9. The van der Waals surface area contributed by atoms with Crippen molar-refractivity contribution in [2.24, 2.45) is 0 Å². The van der Waals surface area contributed by atoms with Crippen molar-refractivity contribution in [3.63, 3.8) is 0 Å². The van der Waals surface area contributed by atoms with E-state index in [1.165, 1.54) is 4.68 Å². The van der Waals surface area contributed by atoms with Gasteiger partial charge in [-0.1, -0.05) is 6.07 Å². The second kappa shape index (κ2) is 6.80. The first-order valence-corrected chi connectivity index (χ1v) is 7.79. The van der Waals surface area contributed by atoms with Crippen LogP contribution in [0, 0.1) is 24.0 Å². The van der Waals surface area contributed by atoms with Gasteiger partial charge in [0.25, 0.3) is 0 Å². The zero-order valence-electron chi connectivity index (χ0n) is 13.9. The summed E-state index contributed by atoms with van der Waals surface area (Å²) in [6.07, 6.45) is 0.639. The van der Waals surface area contributed by atoms with Crippen molar-refractivity contribution in [3.8, 4) is 11.5 Å². The number of aryl methyl sites for hydroxylation is 1. The number of aromatic nitrogens is 2. The molecule has 0 unspecified atom stereocenters. The largest absolute Gasteiger partial charge is 0.454 e. The van der Waals surface area contributed by atoms with Gasteiger partial charge in [0.2, 0.25) is 12.7 Å². The molecule has 2 heterocycles. The minimum absolute atomic E-state index is 0.0480. The van der Waals surface area contributed by atoms with Crippen LogP contribution in [-0.2, 0) is 17.8 Å². The zero-order chi connectivity index (χ0) is 18.0. The van der Waals surface area contributed by atoms with Gasteiger partial charge < -0.3 is 14.8 Å². The highest BCUT2D eigenvalue weighted by atomic mass is 16.7. The molecular weight excluding hydrogens is 328 g/mol. The second-order valence-electron chi connectivity index (χ2n) is 5.72. The number of fused-ring (bicyclic) bond motifs is 1. The number of nitrogens with one attached hydrogen (secondary N) is 1. The number of hydrogen-bond acceptors (Lipinski definition) is 6.